The van der Waals surface area contributed by atoms with Crippen LogP contribution in [-0.4, -0.2) is 23.2 Å². The van der Waals surface area contributed by atoms with E-state index in [4.69, 9.17) is 17.0 Å². The van der Waals surface area contributed by atoms with Gasteiger partial charge in [-0.25, -0.2) is 0 Å². The van der Waals surface area contributed by atoms with Crippen molar-refractivity contribution in [2.24, 2.45) is 0 Å². The topological polar surface area (TPSA) is 24.5 Å². The van der Waals surface area contributed by atoms with Gasteiger partial charge in [0, 0.05) is 24.3 Å². The lowest BCUT2D eigenvalue weighted by Gasteiger charge is -2.26. The molecule has 0 atom stereocenters. The molecule has 4 heteroatoms. The Morgan fingerprint density at radius 1 is 1.20 bits per heavy atom. The second kappa shape index (κ2) is 7.87. The average molecular weight is 355 g/mol. The van der Waals surface area contributed by atoms with Gasteiger partial charge >= 0.3 is 0 Å². The van der Waals surface area contributed by atoms with E-state index in [9.17, 15) is 0 Å². The van der Waals surface area contributed by atoms with Crippen molar-refractivity contribution < 1.29 is 4.74 Å². The maximum atomic E-state index is 5.69. The smallest absolute Gasteiger partial charge is 0.173 e. The molecule has 1 N–H and O–H groups in total. The number of thiocarbonyl (C=S) groups is 1. The highest BCUT2D eigenvalue weighted by atomic mass is 32.1. The number of methoxy groups -OCH3 is 1. The van der Waals surface area contributed by atoms with Gasteiger partial charge in [0.05, 0.1) is 7.11 Å². The third-order valence-electron chi connectivity index (χ3n) is 4.57. The molecule has 1 saturated carbocycles. The van der Waals surface area contributed by atoms with Crippen molar-refractivity contribution >= 4 is 23.0 Å². The summed E-state index contributed by atoms with van der Waals surface area (Å²) >= 11 is 5.69. The second-order valence-electron chi connectivity index (χ2n) is 6.92. The molecule has 0 spiro atoms. The fourth-order valence-electron chi connectivity index (χ4n) is 2.85. The van der Waals surface area contributed by atoms with Gasteiger partial charge in [0.15, 0.2) is 5.11 Å². The summed E-state index contributed by atoms with van der Waals surface area (Å²) in [5.74, 6) is 1.39. The standard InChI is InChI=1S/C21H26N2OS/c1-15(2)17-9-7-16(8-10-17)14-23(19-11-12-19)21(25)22-18-5-4-6-20(13-18)24-3/h4-10,13,15,19H,11-12,14H2,1-3H3,(H,22,25). The van der Waals surface area contributed by atoms with E-state index < -0.39 is 0 Å². The first-order valence-corrected chi connectivity index (χ1v) is 9.28. The molecular formula is C21H26N2OS. The Labute approximate surface area is 156 Å². The minimum Gasteiger partial charge on any atom is -0.497 e. The molecule has 132 valence electrons. The van der Waals surface area contributed by atoms with Crippen LogP contribution in [0.25, 0.3) is 0 Å². The Hall–Kier alpha value is -2.07. The summed E-state index contributed by atoms with van der Waals surface area (Å²) in [5, 5.41) is 4.15. The Morgan fingerprint density at radius 3 is 2.52 bits per heavy atom. The molecule has 0 aromatic heterocycles. The lowest BCUT2D eigenvalue weighted by molar-refractivity contribution is 0.409. The molecule has 0 bridgehead atoms. The zero-order chi connectivity index (χ0) is 17.8. The average Bonchev–Trinajstić information content (AvgIpc) is 3.45. The van der Waals surface area contributed by atoms with E-state index in [2.05, 4.69) is 48.3 Å². The summed E-state index contributed by atoms with van der Waals surface area (Å²) < 4.78 is 5.29. The highest BCUT2D eigenvalue weighted by Crippen LogP contribution is 2.30. The molecule has 1 aliphatic rings. The predicted octanol–water partition coefficient (Wildman–Crippen LogP) is 5.18. The predicted molar refractivity (Wildman–Crippen MR) is 108 cm³/mol. The summed E-state index contributed by atoms with van der Waals surface area (Å²) in [4.78, 5) is 2.30. The molecule has 2 aromatic carbocycles. The summed E-state index contributed by atoms with van der Waals surface area (Å²) in [6.07, 6.45) is 2.42. The van der Waals surface area contributed by atoms with Crippen molar-refractivity contribution in [3.63, 3.8) is 0 Å². The number of nitrogens with one attached hydrogen (secondary N) is 1. The van der Waals surface area contributed by atoms with Crippen LogP contribution in [0.5, 0.6) is 5.75 Å². The SMILES string of the molecule is COc1cccc(NC(=S)N(Cc2ccc(C(C)C)cc2)C2CC2)c1. The van der Waals surface area contributed by atoms with Gasteiger partial charge in [0.25, 0.3) is 0 Å². The fourth-order valence-corrected chi connectivity index (χ4v) is 3.19. The molecule has 1 aliphatic carbocycles. The van der Waals surface area contributed by atoms with Crippen LogP contribution in [0.4, 0.5) is 5.69 Å². The van der Waals surface area contributed by atoms with Gasteiger partial charge in [-0.15, -0.1) is 0 Å². The van der Waals surface area contributed by atoms with Gasteiger partial charge in [0.2, 0.25) is 0 Å². The molecule has 3 nitrogen and oxygen atoms in total. The molecule has 0 unspecified atom stereocenters. The van der Waals surface area contributed by atoms with Crippen molar-refractivity contribution in [1.82, 2.24) is 4.90 Å². The third-order valence-corrected chi connectivity index (χ3v) is 4.91. The number of anilines is 1. The molecule has 2 aromatic rings. The highest BCUT2D eigenvalue weighted by Gasteiger charge is 2.30. The number of ether oxygens (including phenoxy) is 1. The Balaban J connectivity index is 1.69. The van der Waals surface area contributed by atoms with Crippen LogP contribution in [0.15, 0.2) is 48.5 Å². The molecule has 1 fully saturated rings. The van der Waals surface area contributed by atoms with Gasteiger partial charge in [-0.2, -0.15) is 0 Å². The summed E-state index contributed by atoms with van der Waals surface area (Å²) in [6.45, 7) is 5.29. The molecule has 25 heavy (non-hydrogen) atoms. The Morgan fingerprint density at radius 2 is 1.92 bits per heavy atom. The number of nitrogens with zero attached hydrogens (tertiary/aromatic N) is 1. The highest BCUT2D eigenvalue weighted by molar-refractivity contribution is 7.80. The first-order valence-electron chi connectivity index (χ1n) is 8.87. The van der Waals surface area contributed by atoms with E-state index >= 15 is 0 Å². The lowest BCUT2D eigenvalue weighted by atomic mass is 10.0. The van der Waals surface area contributed by atoms with Crippen LogP contribution in [0.1, 0.15) is 43.7 Å². The summed E-state index contributed by atoms with van der Waals surface area (Å²) in [5.41, 5.74) is 3.63. The van der Waals surface area contributed by atoms with Crippen LogP contribution in [-0.2, 0) is 6.54 Å². The van der Waals surface area contributed by atoms with Crippen LogP contribution in [0.2, 0.25) is 0 Å². The molecule has 0 aliphatic heterocycles. The van der Waals surface area contributed by atoms with Crippen molar-refractivity contribution in [2.75, 3.05) is 12.4 Å². The van der Waals surface area contributed by atoms with E-state index in [0.29, 0.717) is 12.0 Å². The third kappa shape index (κ3) is 4.73. The number of rotatable bonds is 6. The number of benzene rings is 2. The van der Waals surface area contributed by atoms with E-state index in [1.807, 2.05) is 24.3 Å². The van der Waals surface area contributed by atoms with Crippen molar-refractivity contribution in [3.8, 4) is 5.75 Å². The van der Waals surface area contributed by atoms with Crippen molar-refractivity contribution in [2.45, 2.75) is 45.2 Å². The van der Waals surface area contributed by atoms with E-state index in [0.717, 1.165) is 23.1 Å². The summed E-state index contributed by atoms with van der Waals surface area (Å²) in [7, 11) is 1.68. The van der Waals surface area contributed by atoms with Crippen LogP contribution >= 0.6 is 12.2 Å². The lowest BCUT2D eigenvalue weighted by Crippen LogP contribution is -2.36. The van der Waals surface area contributed by atoms with Crippen molar-refractivity contribution in [3.05, 3.63) is 59.7 Å². The molecular weight excluding hydrogens is 328 g/mol. The zero-order valence-electron chi connectivity index (χ0n) is 15.2. The monoisotopic (exact) mass is 354 g/mol. The molecule has 0 radical (unpaired) electrons. The van der Waals surface area contributed by atoms with Crippen molar-refractivity contribution in [1.29, 1.82) is 0 Å². The van der Waals surface area contributed by atoms with Gasteiger partial charge in [-0.1, -0.05) is 44.2 Å². The number of hydrogen-bond donors (Lipinski definition) is 1. The Kier molecular flexibility index (Phi) is 5.59. The van der Waals surface area contributed by atoms with Gasteiger partial charge in [0.1, 0.15) is 5.75 Å². The molecule has 3 rings (SSSR count). The van der Waals surface area contributed by atoms with E-state index in [1.54, 1.807) is 7.11 Å². The minimum atomic E-state index is 0.551. The maximum absolute atomic E-state index is 5.69. The van der Waals surface area contributed by atoms with Crippen LogP contribution in [0, 0.1) is 0 Å². The Bertz CT molecular complexity index is 723. The fraction of sp³-hybridized carbons (Fsp3) is 0.381. The quantitative estimate of drug-likeness (QED) is 0.723. The minimum absolute atomic E-state index is 0.551. The van der Waals surface area contributed by atoms with E-state index in [1.165, 1.54) is 24.0 Å². The molecule has 0 amide bonds. The summed E-state index contributed by atoms with van der Waals surface area (Å²) in [6, 6.07) is 17.3. The van der Waals surface area contributed by atoms with E-state index in [-0.39, 0.29) is 0 Å². The first kappa shape index (κ1) is 17.7. The van der Waals surface area contributed by atoms with Crippen LogP contribution in [0.3, 0.4) is 0 Å². The normalized spacial score (nSPS) is 13.6. The van der Waals surface area contributed by atoms with Crippen LogP contribution < -0.4 is 10.1 Å². The zero-order valence-corrected chi connectivity index (χ0v) is 16.0. The molecule has 0 saturated heterocycles. The largest absolute Gasteiger partial charge is 0.497 e. The van der Waals surface area contributed by atoms with Gasteiger partial charge < -0.3 is 15.0 Å². The first-order chi connectivity index (χ1) is 12.1. The number of hydrogen-bond acceptors (Lipinski definition) is 2. The molecule has 0 heterocycles. The van der Waals surface area contributed by atoms with Gasteiger partial charge in [-0.05, 0) is 54.2 Å². The van der Waals surface area contributed by atoms with Gasteiger partial charge in [-0.3, -0.25) is 0 Å². The second-order valence-corrected chi connectivity index (χ2v) is 7.30. The maximum Gasteiger partial charge on any atom is 0.173 e.